The summed E-state index contributed by atoms with van der Waals surface area (Å²) in [6, 6.07) is 0.402. The molecule has 2 atom stereocenters. The van der Waals surface area contributed by atoms with Gasteiger partial charge in [-0.25, -0.2) is 9.97 Å². The summed E-state index contributed by atoms with van der Waals surface area (Å²) in [5, 5.41) is 3.38. The van der Waals surface area contributed by atoms with Crippen molar-refractivity contribution in [3.63, 3.8) is 0 Å². The van der Waals surface area contributed by atoms with Crippen LogP contribution in [0.3, 0.4) is 0 Å². The number of aryl methyl sites for hydroxylation is 1. The normalized spacial score (nSPS) is 20.7. The molecule has 0 saturated carbocycles. The lowest BCUT2D eigenvalue weighted by atomic mass is 10.1. The molecule has 1 aliphatic rings. The maximum Gasteiger partial charge on any atom is 0.157 e. The van der Waals surface area contributed by atoms with Crippen LogP contribution in [-0.2, 0) is 11.2 Å². The third kappa shape index (κ3) is 3.31. The number of nitrogens with one attached hydrogen (secondary N) is 1. The second-order valence-electron chi connectivity index (χ2n) is 5.07. The molecule has 2 rings (SSSR count). The second-order valence-corrected chi connectivity index (χ2v) is 5.07. The summed E-state index contributed by atoms with van der Waals surface area (Å²) >= 11 is 0. The van der Waals surface area contributed by atoms with Crippen LogP contribution in [0.25, 0.3) is 0 Å². The molecular formula is C15H25N3O. The number of ether oxygens (including phenoxy) is 1. The number of hydrogen-bond acceptors (Lipinski definition) is 4. The minimum Gasteiger partial charge on any atom is -0.371 e. The van der Waals surface area contributed by atoms with E-state index in [9.17, 15) is 0 Å². The van der Waals surface area contributed by atoms with Gasteiger partial charge in [0.05, 0.1) is 0 Å². The van der Waals surface area contributed by atoms with E-state index in [0.717, 1.165) is 18.7 Å². The first kappa shape index (κ1) is 14.4. The molecule has 4 nitrogen and oxygen atoms in total. The zero-order chi connectivity index (χ0) is 13.7. The molecule has 0 radical (unpaired) electrons. The largest absolute Gasteiger partial charge is 0.371 e. The highest BCUT2D eigenvalue weighted by molar-refractivity contribution is 5.23. The summed E-state index contributed by atoms with van der Waals surface area (Å²) in [6.45, 7) is 4.84. The molecular weight excluding hydrogens is 238 g/mol. The number of fused-ring (bicyclic) bond motifs is 1. The predicted molar refractivity (Wildman–Crippen MR) is 76.0 cm³/mol. The molecule has 0 amide bonds. The molecule has 0 bridgehead atoms. The maximum absolute atomic E-state index is 5.71. The SMILES string of the molecule is CCOC(CC)c1ncc2c(n1)CCCCC2NC. The summed E-state index contributed by atoms with van der Waals surface area (Å²) < 4.78 is 5.71. The van der Waals surface area contributed by atoms with Gasteiger partial charge in [-0.2, -0.15) is 0 Å². The lowest BCUT2D eigenvalue weighted by Crippen LogP contribution is -2.19. The zero-order valence-corrected chi connectivity index (χ0v) is 12.3. The number of hydrogen-bond donors (Lipinski definition) is 1. The first-order valence-electron chi connectivity index (χ1n) is 7.44. The molecule has 106 valence electrons. The maximum atomic E-state index is 5.71. The van der Waals surface area contributed by atoms with Crippen molar-refractivity contribution in [2.75, 3.05) is 13.7 Å². The second kappa shape index (κ2) is 6.96. The molecule has 1 N–H and O–H groups in total. The van der Waals surface area contributed by atoms with Crippen molar-refractivity contribution in [2.45, 2.75) is 58.1 Å². The van der Waals surface area contributed by atoms with Crippen molar-refractivity contribution < 1.29 is 4.74 Å². The standard InChI is InChI=1S/C15H25N3O/c1-4-14(19-5-2)15-17-10-11-12(16-3)8-6-7-9-13(11)18-15/h10,12,14,16H,4-9H2,1-3H3. The van der Waals surface area contributed by atoms with E-state index >= 15 is 0 Å². The van der Waals surface area contributed by atoms with E-state index in [-0.39, 0.29) is 6.10 Å². The Morgan fingerprint density at radius 2 is 2.26 bits per heavy atom. The Balaban J connectivity index is 2.28. The Bertz CT molecular complexity index is 408. The van der Waals surface area contributed by atoms with Gasteiger partial charge in [0.25, 0.3) is 0 Å². The van der Waals surface area contributed by atoms with Crippen molar-refractivity contribution in [2.24, 2.45) is 0 Å². The summed E-state index contributed by atoms with van der Waals surface area (Å²) in [5.74, 6) is 0.847. The molecule has 1 aliphatic carbocycles. The van der Waals surface area contributed by atoms with Crippen LogP contribution >= 0.6 is 0 Å². The summed E-state index contributed by atoms with van der Waals surface area (Å²) in [7, 11) is 2.02. The number of nitrogens with zero attached hydrogens (tertiary/aromatic N) is 2. The molecule has 4 heteroatoms. The topological polar surface area (TPSA) is 47.0 Å². The van der Waals surface area contributed by atoms with Crippen LogP contribution in [-0.4, -0.2) is 23.6 Å². The lowest BCUT2D eigenvalue weighted by molar-refractivity contribution is 0.0532. The van der Waals surface area contributed by atoms with E-state index < -0.39 is 0 Å². The van der Waals surface area contributed by atoms with Crippen LogP contribution in [0, 0.1) is 0 Å². The molecule has 19 heavy (non-hydrogen) atoms. The fourth-order valence-corrected chi connectivity index (χ4v) is 2.76. The Kier molecular flexibility index (Phi) is 5.28. The van der Waals surface area contributed by atoms with Crippen LogP contribution in [0.15, 0.2) is 6.20 Å². The fourth-order valence-electron chi connectivity index (χ4n) is 2.76. The monoisotopic (exact) mass is 263 g/mol. The molecule has 0 aromatic carbocycles. The van der Waals surface area contributed by atoms with E-state index in [1.807, 2.05) is 20.2 Å². The summed E-state index contributed by atoms with van der Waals surface area (Å²) in [5.41, 5.74) is 2.48. The third-order valence-corrected chi connectivity index (χ3v) is 3.83. The molecule has 0 aliphatic heterocycles. The number of rotatable bonds is 5. The van der Waals surface area contributed by atoms with E-state index in [1.165, 1.54) is 30.5 Å². The average molecular weight is 263 g/mol. The van der Waals surface area contributed by atoms with Crippen LogP contribution in [0.2, 0.25) is 0 Å². The Hall–Kier alpha value is -1.00. The van der Waals surface area contributed by atoms with Gasteiger partial charge in [0.15, 0.2) is 5.82 Å². The quantitative estimate of drug-likeness (QED) is 0.830. The van der Waals surface area contributed by atoms with Crippen LogP contribution < -0.4 is 5.32 Å². The van der Waals surface area contributed by atoms with Gasteiger partial charge in [0, 0.05) is 30.1 Å². The minimum atomic E-state index is 0.0339. The third-order valence-electron chi connectivity index (χ3n) is 3.83. The van der Waals surface area contributed by atoms with Gasteiger partial charge in [-0.15, -0.1) is 0 Å². The highest BCUT2D eigenvalue weighted by atomic mass is 16.5. The van der Waals surface area contributed by atoms with Crippen LogP contribution in [0.5, 0.6) is 0 Å². The zero-order valence-electron chi connectivity index (χ0n) is 12.3. The van der Waals surface area contributed by atoms with Crippen molar-refractivity contribution in [1.82, 2.24) is 15.3 Å². The molecule has 1 aromatic rings. The Labute approximate surface area is 116 Å². The highest BCUT2D eigenvalue weighted by Crippen LogP contribution is 2.28. The summed E-state index contributed by atoms with van der Waals surface area (Å²) in [4.78, 5) is 9.33. The first-order chi connectivity index (χ1) is 9.30. The van der Waals surface area contributed by atoms with Gasteiger partial charge in [-0.05, 0) is 39.7 Å². The predicted octanol–water partition coefficient (Wildman–Crippen LogP) is 2.95. The van der Waals surface area contributed by atoms with E-state index in [0.29, 0.717) is 12.6 Å². The lowest BCUT2D eigenvalue weighted by Gasteiger charge is -2.18. The molecule has 0 fully saturated rings. The van der Waals surface area contributed by atoms with Crippen molar-refractivity contribution >= 4 is 0 Å². The highest BCUT2D eigenvalue weighted by Gasteiger charge is 2.21. The van der Waals surface area contributed by atoms with E-state index in [2.05, 4.69) is 17.2 Å². The first-order valence-corrected chi connectivity index (χ1v) is 7.44. The smallest absolute Gasteiger partial charge is 0.157 e. The van der Waals surface area contributed by atoms with E-state index in [4.69, 9.17) is 9.72 Å². The average Bonchev–Trinajstić information content (AvgIpc) is 2.65. The fraction of sp³-hybridized carbons (Fsp3) is 0.733. The summed E-state index contributed by atoms with van der Waals surface area (Å²) in [6.07, 6.45) is 7.66. The van der Waals surface area contributed by atoms with Gasteiger partial charge >= 0.3 is 0 Å². The van der Waals surface area contributed by atoms with Gasteiger partial charge in [-0.3, -0.25) is 0 Å². The van der Waals surface area contributed by atoms with Crippen molar-refractivity contribution in [3.8, 4) is 0 Å². The molecule has 1 heterocycles. The van der Waals surface area contributed by atoms with Gasteiger partial charge in [0.1, 0.15) is 6.10 Å². The molecule has 2 unspecified atom stereocenters. The molecule has 1 aromatic heterocycles. The van der Waals surface area contributed by atoms with Crippen LogP contribution in [0.1, 0.15) is 68.8 Å². The van der Waals surface area contributed by atoms with E-state index in [1.54, 1.807) is 0 Å². The molecule has 0 spiro atoms. The minimum absolute atomic E-state index is 0.0339. The van der Waals surface area contributed by atoms with Crippen molar-refractivity contribution in [1.29, 1.82) is 0 Å². The van der Waals surface area contributed by atoms with Gasteiger partial charge < -0.3 is 10.1 Å². The van der Waals surface area contributed by atoms with Gasteiger partial charge in [-0.1, -0.05) is 13.3 Å². The Morgan fingerprint density at radius 1 is 1.42 bits per heavy atom. The molecule has 0 saturated heterocycles. The van der Waals surface area contributed by atoms with Crippen LogP contribution in [0.4, 0.5) is 0 Å². The number of aromatic nitrogens is 2. The van der Waals surface area contributed by atoms with Crippen molar-refractivity contribution in [3.05, 3.63) is 23.3 Å². The Morgan fingerprint density at radius 3 is 2.95 bits per heavy atom. The van der Waals surface area contributed by atoms with Gasteiger partial charge in [0.2, 0.25) is 0 Å².